The summed E-state index contributed by atoms with van der Waals surface area (Å²) < 4.78 is 1.46. The topological polar surface area (TPSA) is 51.1 Å². The average Bonchev–Trinajstić information content (AvgIpc) is 3.29. The van der Waals surface area contributed by atoms with Gasteiger partial charge in [-0.15, -0.1) is 0 Å². The Morgan fingerprint density at radius 3 is 2.64 bits per heavy atom. The molecule has 1 aliphatic rings. The van der Waals surface area contributed by atoms with E-state index in [2.05, 4.69) is 5.32 Å². The van der Waals surface area contributed by atoms with Crippen LogP contribution >= 0.6 is 11.6 Å². The van der Waals surface area contributed by atoms with Crippen LogP contribution in [0.3, 0.4) is 0 Å². The molecule has 0 spiro atoms. The SMILES string of the molecule is Cc1ccn(C)c(=O)c1NC(=O)[C@H]1C[C@@H]1c1ccc(Cl)cc1. The first-order valence-corrected chi connectivity index (χ1v) is 7.57. The predicted octanol–water partition coefficient (Wildman–Crippen LogP) is 3.09. The summed E-state index contributed by atoms with van der Waals surface area (Å²) in [5, 5.41) is 3.48. The first kappa shape index (κ1) is 14.9. The lowest BCUT2D eigenvalue weighted by molar-refractivity contribution is -0.117. The van der Waals surface area contributed by atoms with Crippen LogP contribution < -0.4 is 10.9 Å². The third-order valence-electron chi connectivity index (χ3n) is 4.15. The minimum absolute atomic E-state index is 0.0783. The Morgan fingerprint density at radius 2 is 1.95 bits per heavy atom. The molecule has 1 N–H and O–H groups in total. The van der Waals surface area contributed by atoms with Crippen molar-refractivity contribution < 1.29 is 4.79 Å². The van der Waals surface area contributed by atoms with E-state index in [0.29, 0.717) is 10.7 Å². The number of anilines is 1. The van der Waals surface area contributed by atoms with Crippen molar-refractivity contribution in [1.29, 1.82) is 0 Å². The fraction of sp³-hybridized carbons (Fsp3) is 0.294. The van der Waals surface area contributed by atoms with E-state index in [-0.39, 0.29) is 23.3 Å². The summed E-state index contributed by atoms with van der Waals surface area (Å²) in [4.78, 5) is 24.4. The number of carbonyl (C=O) groups excluding carboxylic acids is 1. The number of pyridine rings is 1. The highest BCUT2D eigenvalue weighted by Crippen LogP contribution is 2.48. The van der Waals surface area contributed by atoms with Crippen molar-refractivity contribution in [2.24, 2.45) is 13.0 Å². The van der Waals surface area contributed by atoms with Gasteiger partial charge in [-0.05, 0) is 48.6 Å². The number of hydrogen-bond acceptors (Lipinski definition) is 2. The highest BCUT2D eigenvalue weighted by Gasteiger charge is 2.44. The molecule has 0 aliphatic heterocycles. The van der Waals surface area contributed by atoms with Crippen molar-refractivity contribution in [2.45, 2.75) is 19.3 Å². The number of halogens is 1. The van der Waals surface area contributed by atoms with Crippen LogP contribution in [0.2, 0.25) is 5.02 Å². The van der Waals surface area contributed by atoms with Gasteiger partial charge in [-0.25, -0.2) is 0 Å². The molecule has 1 aromatic carbocycles. The van der Waals surface area contributed by atoms with Gasteiger partial charge in [-0.3, -0.25) is 9.59 Å². The molecular weight excluding hydrogens is 300 g/mol. The first-order valence-electron chi connectivity index (χ1n) is 7.20. The van der Waals surface area contributed by atoms with E-state index in [1.807, 2.05) is 37.3 Å². The standard InChI is InChI=1S/C17H17ClN2O2/c1-10-7-8-20(2)17(22)15(10)19-16(21)14-9-13(14)11-3-5-12(18)6-4-11/h3-8,13-14H,9H2,1-2H3,(H,19,21)/t13-,14+/m1/s1. The van der Waals surface area contributed by atoms with Crippen LogP contribution in [0.5, 0.6) is 0 Å². The van der Waals surface area contributed by atoms with E-state index in [0.717, 1.165) is 17.5 Å². The molecule has 1 saturated carbocycles. The fourth-order valence-corrected chi connectivity index (χ4v) is 2.78. The molecule has 22 heavy (non-hydrogen) atoms. The predicted molar refractivity (Wildman–Crippen MR) is 87.3 cm³/mol. The summed E-state index contributed by atoms with van der Waals surface area (Å²) in [7, 11) is 1.67. The van der Waals surface area contributed by atoms with Crippen LogP contribution in [0.1, 0.15) is 23.5 Å². The third kappa shape index (κ3) is 2.79. The molecule has 114 valence electrons. The van der Waals surface area contributed by atoms with Crippen LogP contribution in [-0.2, 0) is 11.8 Å². The number of benzene rings is 1. The second-order valence-corrected chi connectivity index (χ2v) is 6.22. The van der Waals surface area contributed by atoms with Gasteiger partial charge in [0.1, 0.15) is 5.69 Å². The number of rotatable bonds is 3. The molecule has 0 unspecified atom stereocenters. The lowest BCUT2D eigenvalue weighted by Gasteiger charge is -2.09. The molecule has 1 aromatic heterocycles. The molecule has 1 heterocycles. The Kier molecular flexibility index (Phi) is 3.79. The van der Waals surface area contributed by atoms with Crippen LogP contribution in [0.4, 0.5) is 5.69 Å². The van der Waals surface area contributed by atoms with E-state index < -0.39 is 0 Å². The first-order chi connectivity index (χ1) is 10.5. The molecule has 0 bridgehead atoms. The molecule has 2 atom stereocenters. The Morgan fingerprint density at radius 1 is 1.27 bits per heavy atom. The monoisotopic (exact) mass is 316 g/mol. The summed E-state index contributed by atoms with van der Waals surface area (Å²) in [6.07, 6.45) is 2.50. The normalized spacial score (nSPS) is 19.8. The minimum Gasteiger partial charge on any atom is -0.321 e. The lowest BCUT2D eigenvalue weighted by atomic mass is 10.1. The van der Waals surface area contributed by atoms with Gasteiger partial charge in [-0.1, -0.05) is 23.7 Å². The average molecular weight is 317 g/mol. The number of aryl methyl sites for hydroxylation is 2. The molecule has 1 amide bonds. The van der Waals surface area contributed by atoms with Crippen molar-refractivity contribution in [2.75, 3.05) is 5.32 Å². The highest BCUT2D eigenvalue weighted by atomic mass is 35.5. The summed E-state index contributed by atoms with van der Waals surface area (Å²) in [5.74, 6) is 0.0435. The Hall–Kier alpha value is -2.07. The maximum Gasteiger partial charge on any atom is 0.274 e. The number of amides is 1. The van der Waals surface area contributed by atoms with Crippen molar-refractivity contribution in [3.8, 4) is 0 Å². The van der Waals surface area contributed by atoms with Crippen LogP contribution in [0.15, 0.2) is 41.3 Å². The zero-order valence-electron chi connectivity index (χ0n) is 12.5. The van der Waals surface area contributed by atoms with Gasteiger partial charge in [0.25, 0.3) is 5.56 Å². The largest absolute Gasteiger partial charge is 0.321 e. The summed E-state index contributed by atoms with van der Waals surface area (Å²) in [5.41, 5.74) is 2.08. The maximum absolute atomic E-state index is 12.4. The van der Waals surface area contributed by atoms with E-state index in [1.54, 1.807) is 13.2 Å². The molecule has 0 radical (unpaired) electrons. The van der Waals surface area contributed by atoms with Gasteiger partial charge >= 0.3 is 0 Å². The van der Waals surface area contributed by atoms with Crippen molar-refractivity contribution in [3.05, 3.63) is 63.0 Å². The quantitative estimate of drug-likeness (QED) is 0.946. The Labute approximate surface area is 133 Å². The summed E-state index contributed by atoms with van der Waals surface area (Å²) in [6.45, 7) is 1.82. The van der Waals surface area contributed by atoms with Crippen molar-refractivity contribution >= 4 is 23.2 Å². The number of aromatic nitrogens is 1. The van der Waals surface area contributed by atoms with Gasteiger partial charge in [0, 0.05) is 24.2 Å². The van der Waals surface area contributed by atoms with E-state index in [9.17, 15) is 9.59 Å². The molecular formula is C17H17ClN2O2. The molecule has 2 aromatic rings. The summed E-state index contributed by atoms with van der Waals surface area (Å²) in [6, 6.07) is 9.39. The van der Waals surface area contributed by atoms with Crippen LogP contribution in [-0.4, -0.2) is 10.5 Å². The zero-order chi connectivity index (χ0) is 15.9. The minimum atomic E-state index is -0.183. The van der Waals surface area contributed by atoms with Crippen molar-refractivity contribution in [3.63, 3.8) is 0 Å². The number of nitrogens with one attached hydrogen (secondary N) is 1. The van der Waals surface area contributed by atoms with Crippen LogP contribution in [0.25, 0.3) is 0 Å². The van der Waals surface area contributed by atoms with Gasteiger partial charge in [0.2, 0.25) is 5.91 Å². The number of nitrogens with zero attached hydrogens (tertiary/aromatic N) is 1. The molecule has 0 saturated heterocycles. The summed E-state index contributed by atoms with van der Waals surface area (Å²) >= 11 is 5.88. The Bertz CT molecular complexity index is 780. The fourth-order valence-electron chi connectivity index (χ4n) is 2.65. The zero-order valence-corrected chi connectivity index (χ0v) is 13.2. The molecule has 5 heteroatoms. The smallest absolute Gasteiger partial charge is 0.274 e. The lowest BCUT2D eigenvalue weighted by Crippen LogP contribution is -2.26. The van der Waals surface area contributed by atoms with Gasteiger partial charge in [0.05, 0.1) is 0 Å². The van der Waals surface area contributed by atoms with Gasteiger partial charge in [0.15, 0.2) is 0 Å². The maximum atomic E-state index is 12.4. The van der Waals surface area contributed by atoms with Crippen LogP contribution in [0, 0.1) is 12.8 Å². The number of carbonyl (C=O) groups is 1. The third-order valence-corrected chi connectivity index (χ3v) is 4.40. The second-order valence-electron chi connectivity index (χ2n) is 5.78. The van der Waals surface area contributed by atoms with Gasteiger partial charge < -0.3 is 9.88 Å². The van der Waals surface area contributed by atoms with E-state index >= 15 is 0 Å². The molecule has 1 aliphatic carbocycles. The van der Waals surface area contributed by atoms with E-state index in [1.165, 1.54) is 4.57 Å². The molecule has 4 nitrogen and oxygen atoms in total. The molecule has 3 rings (SSSR count). The number of hydrogen-bond donors (Lipinski definition) is 1. The molecule has 1 fully saturated rings. The second kappa shape index (κ2) is 5.61. The van der Waals surface area contributed by atoms with Gasteiger partial charge in [-0.2, -0.15) is 0 Å². The Balaban J connectivity index is 1.74. The highest BCUT2D eigenvalue weighted by molar-refractivity contribution is 6.30. The van der Waals surface area contributed by atoms with Crippen molar-refractivity contribution in [1.82, 2.24) is 4.57 Å². The van der Waals surface area contributed by atoms with E-state index in [4.69, 9.17) is 11.6 Å².